The first-order chi connectivity index (χ1) is 6.00. The Labute approximate surface area is 77.5 Å². The van der Waals surface area contributed by atoms with Crippen molar-refractivity contribution in [3.63, 3.8) is 0 Å². The van der Waals surface area contributed by atoms with Crippen molar-refractivity contribution in [3.05, 3.63) is 11.3 Å². The molecule has 0 fully saturated rings. The van der Waals surface area contributed by atoms with Gasteiger partial charge in [-0.25, -0.2) is 0 Å². The standard InChI is InChI=1S/C9H15NO3/c1-9(2,3)7-6(5-11)8(12-4)10-13-7/h11H,5H2,1-4H3. The van der Waals surface area contributed by atoms with Gasteiger partial charge in [0.05, 0.1) is 19.3 Å². The molecule has 0 bridgehead atoms. The lowest BCUT2D eigenvalue weighted by Gasteiger charge is -2.14. The molecule has 1 heterocycles. The molecular formula is C9H15NO3. The minimum Gasteiger partial charge on any atom is -0.479 e. The first kappa shape index (κ1) is 10.1. The van der Waals surface area contributed by atoms with Gasteiger partial charge in [0.25, 0.3) is 5.88 Å². The predicted octanol–water partition coefficient (Wildman–Crippen LogP) is 1.47. The molecule has 74 valence electrons. The van der Waals surface area contributed by atoms with Crippen LogP contribution in [-0.2, 0) is 12.0 Å². The highest BCUT2D eigenvalue weighted by Crippen LogP contribution is 2.31. The zero-order chi connectivity index (χ0) is 10.1. The summed E-state index contributed by atoms with van der Waals surface area (Å²) in [4.78, 5) is 0. The second kappa shape index (κ2) is 3.38. The minimum atomic E-state index is -0.165. The lowest BCUT2D eigenvalue weighted by atomic mass is 9.90. The Morgan fingerprint density at radius 2 is 2.08 bits per heavy atom. The summed E-state index contributed by atoms with van der Waals surface area (Å²) in [7, 11) is 1.50. The van der Waals surface area contributed by atoms with Crippen LogP contribution >= 0.6 is 0 Å². The third-order valence-corrected chi connectivity index (χ3v) is 1.78. The number of methoxy groups -OCH3 is 1. The molecule has 4 heteroatoms. The fourth-order valence-corrected chi connectivity index (χ4v) is 1.18. The lowest BCUT2D eigenvalue weighted by Crippen LogP contribution is -2.12. The average molecular weight is 185 g/mol. The van der Waals surface area contributed by atoms with E-state index in [1.807, 2.05) is 20.8 Å². The van der Waals surface area contributed by atoms with Crippen molar-refractivity contribution >= 4 is 0 Å². The van der Waals surface area contributed by atoms with Crippen molar-refractivity contribution in [1.82, 2.24) is 5.16 Å². The van der Waals surface area contributed by atoms with Crippen LogP contribution in [0.15, 0.2) is 4.52 Å². The highest BCUT2D eigenvalue weighted by atomic mass is 16.5. The quantitative estimate of drug-likeness (QED) is 0.758. The van der Waals surface area contributed by atoms with Crippen LogP contribution in [0.25, 0.3) is 0 Å². The molecule has 0 spiro atoms. The molecule has 0 amide bonds. The lowest BCUT2D eigenvalue weighted by molar-refractivity contribution is 0.267. The summed E-state index contributed by atoms with van der Waals surface area (Å²) in [6.07, 6.45) is 0. The molecule has 0 aromatic carbocycles. The third kappa shape index (κ3) is 1.83. The zero-order valence-corrected chi connectivity index (χ0v) is 8.42. The van der Waals surface area contributed by atoms with E-state index in [1.54, 1.807) is 0 Å². The first-order valence-corrected chi connectivity index (χ1v) is 4.14. The average Bonchev–Trinajstić information content (AvgIpc) is 2.45. The van der Waals surface area contributed by atoms with E-state index in [-0.39, 0.29) is 12.0 Å². The minimum absolute atomic E-state index is 0.112. The van der Waals surface area contributed by atoms with Crippen molar-refractivity contribution in [2.24, 2.45) is 0 Å². The number of aliphatic hydroxyl groups is 1. The maximum Gasteiger partial charge on any atom is 0.259 e. The van der Waals surface area contributed by atoms with E-state index in [0.29, 0.717) is 17.2 Å². The van der Waals surface area contributed by atoms with Gasteiger partial charge in [0.1, 0.15) is 0 Å². The van der Waals surface area contributed by atoms with Gasteiger partial charge >= 0.3 is 0 Å². The Morgan fingerprint density at radius 3 is 2.46 bits per heavy atom. The SMILES string of the molecule is COc1noc(C(C)(C)C)c1CO. The Hall–Kier alpha value is -1.03. The van der Waals surface area contributed by atoms with Gasteiger partial charge in [-0.05, 0) is 5.16 Å². The second-order valence-electron chi connectivity index (χ2n) is 3.91. The Bertz CT molecular complexity index is 286. The van der Waals surface area contributed by atoms with Crippen LogP contribution in [0, 0.1) is 0 Å². The largest absolute Gasteiger partial charge is 0.479 e. The molecule has 1 N–H and O–H groups in total. The van der Waals surface area contributed by atoms with Crippen LogP contribution in [0.4, 0.5) is 0 Å². The number of aromatic nitrogens is 1. The molecule has 0 aliphatic heterocycles. The maximum absolute atomic E-state index is 9.10. The molecule has 0 saturated carbocycles. The van der Waals surface area contributed by atoms with Gasteiger partial charge in [-0.15, -0.1) is 0 Å². The van der Waals surface area contributed by atoms with Gasteiger partial charge in [0.15, 0.2) is 5.76 Å². The molecule has 0 aliphatic rings. The van der Waals surface area contributed by atoms with Gasteiger partial charge in [0.2, 0.25) is 0 Å². The molecule has 4 nitrogen and oxygen atoms in total. The normalized spacial score (nSPS) is 11.8. The van der Waals surface area contributed by atoms with E-state index in [2.05, 4.69) is 5.16 Å². The molecule has 0 unspecified atom stereocenters. The van der Waals surface area contributed by atoms with Crippen LogP contribution in [0.3, 0.4) is 0 Å². The van der Waals surface area contributed by atoms with Crippen molar-refractivity contribution in [3.8, 4) is 5.88 Å². The first-order valence-electron chi connectivity index (χ1n) is 4.14. The molecule has 1 aromatic heterocycles. The monoisotopic (exact) mass is 185 g/mol. The Morgan fingerprint density at radius 1 is 1.46 bits per heavy atom. The van der Waals surface area contributed by atoms with E-state index in [4.69, 9.17) is 14.4 Å². The van der Waals surface area contributed by atoms with Gasteiger partial charge < -0.3 is 14.4 Å². The molecule has 0 atom stereocenters. The number of hydrogen-bond donors (Lipinski definition) is 1. The fraction of sp³-hybridized carbons (Fsp3) is 0.667. The van der Waals surface area contributed by atoms with E-state index in [1.165, 1.54) is 7.11 Å². The smallest absolute Gasteiger partial charge is 0.259 e. The number of ether oxygens (including phenoxy) is 1. The highest BCUT2D eigenvalue weighted by molar-refractivity contribution is 5.31. The van der Waals surface area contributed by atoms with Crippen molar-refractivity contribution in [2.75, 3.05) is 7.11 Å². The number of nitrogens with zero attached hydrogens (tertiary/aromatic N) is 1. The van der Waals surface area contributed by atoms with Crippen molar-refractivity contribution in [2.45, 2.75) is 32.8 Å². The second-order valence-corrected chi connectivity index (χ2v) is 3.91. The van der Waals surface area contributed by atoms with Gasteiger partial charge in [-0.2, -0.15) is 0 Å². The topological polar surface area (TPSA) is 55.5 Å². The van der Waals surface area contributed by atoms with Crippen LogP contribution in [0.2, 0.25) is 0 Å². The number of rotatable bonds is 2. The van der Waals surface area contributed by atoms with Crippen LogP contribution < -0.4 is 4.74 Å². The van der Waals surface area contributed by atoms with E-state index >= 15 is 0 Å². The highest BCUT2D eigenvalue weighted by Gasteiger charge is 2.26. The van der Waals surface area contributed by atoms with E-state index in [9.17, 15) is 0 Å². The Balaban J connectivity index is 3.16. The van der Waals surface area contributed by atoms with Crippen LogP contribution in [0.1, 0.15) is 32.1 Å². The number of hydrogen-bond acceptors (Lipinski definition) is 4. The van der Waals surface area contributed by atoms with E-state index in [0.717, 1.165) is 0 Å². The van der Waals surface area contributed by atoms with Crippen LogP contribution in [0.5, 0.6) is 5.88 Å². The van der Waals surface area contributed by atoms with Gasteiger partial charge in [-0.1, -0.05) is 20.8 Å². The molecule has 1 aromatic rings. The van der Waals surface area contributed by atoms with E-state index < -0.39 is 0 Å². The summed E-state index contributed by atoms with van der Waals surface area (Å²) < 4.78 is 10.1. The molecule has 0 radical (unpaired) electrons. The summed E-state index contributed by atoms with van der Waals surface area (Å²) >= 11 is 0. The Kier molecular flexibility index (Phi) is 2.61. The predicted molar refractivity (Wildman–Crippen MR) is 47.7 cm³/mol. The summed E-state index contributed by atoms with van der Waals surface area (Å²) in [5.74, 6) is 1.04. The third-order valence-electron chi connectivity index (χ3n) is 1.78. The van der Waals surface area contributed by atoms with Crippen molar-refractivity contribution in [1.29, 1.82) is 0 Å². The maximum atomic E-state index is 9.10. The van der Waals surface area contributed by atoms with Crippen molar-refractivity contribution < 1.29 is 14.4 Å². The summed E-state index contributed by atoms with van der Waals surface area (Å²) in [5, 5.41) is 12.8. The zero-order valence-electron chi connectivity index (χ0n) is 8.42. The van der Waals surface area contributed by atoms with Crippen LogP contribution in [-0.4, -0.2) is 17.4 Å². The molecular weight excluding hydrogens is 170 g/mol. The summed E-state index contributed by atoms with van der Waals surface area (Å²) in [6, 6.07) is 0. The van der Waals surface area contributed by atoms with Gasteiger partial charge in [-0.3, -0.25) is 0 Å². The summed E-state index contributed by atoms with van der Waals surface area (Å²) in [5.41, 5.74) is 0.469. The molecule has 0 aliphatic carbocycles. The summed E-state index contributed by atoms with van der Waals surface area (Å²) in [6.45, 7) is 5.86. The van der Waals surface area contributed by atoms with Gasteiger partial charge in [0, 0.05) is 5.41 Å². The molecule has 13 heavy (non-hydrogen) atoms. The number of aliphatic hydroxyl groups excluding tert-OH is 1. The molecule has 0 saturated heterocycles. The molecule has 1 rings (SSSR count). The fourth-order valence-electron chi connectivity index (χ4n) is 1.18.